The Kier molecular flexibility index (Phi) is 11.9. The number of likely N-dealkylation sites (N-methyl/N-ethyl adjacent to an activating group) is 1. The summed E-state index contributed by atoms with van der Waals surface area (Å²) >= 11 is 3.57. The molecular formula is C31H32N8O12S3. The number of carbonyl (C=O) groups is 9. The smallest absolute Gasteiger partial charge is 0.352 e. The third kappa shape index (κ3) is 7.59. The number of aryl methyl sites for hydroxylation is 1. The van der Waals surface area contributed by atoms with Crippen molar-refractivity contribution in [2.24, 2.45) is 0 Å². The summed E-state index contributed by atoms with van der Waals surface area (Å²) < 4.78 is 10.9. The molecule has 4 heterocycles. The molecule has 0 saturated carbocycles. The zero-order chi connectivity index (χ0) is 39.5. The molecule has 54 heavy (non-hydrogen) atoms. The van der Waals surface area contributed by atoms with Gasteiger partial charge in [0.25, 0.3) is 11.8 Å². The first kappa shape index (κ1) is 39.7. The maximum Gasteiger partial charge on any atom is 0.352 e. The predicted octanol–water partition coefficient (Wildman–Crippen LogP) is -0.593. The molecule has 0 spiro atoms. The first-order valence-corrected chi connectivity index (χ1v) is 18.7. The molecule has 0 aliphatic carbocycles. The summed E-state index contributed by atoms with van der Waals surface area (Å²) in [5.41, 5.74) is -2.41. The van der Waals surface area contributed by atoms with E-state index in [1.54, 1.807) is 13.8 Å². The highest BCUT2D eigenvalue weighted by Crippen LogP contribution is 2.46. The molecule has 2 saturated heterocycles. The number of nitrogens with zero attached hydrogens (tertiary/aromatic N) is 6. The summed E-state index contributed by atoms with van der Waals surface area (Å²) in [6.45, 7) is 5.46. The van der Waals surface area contributed by atoms with Crippen LogP contribution in [0, 0.1) is 6.92 Å². The van der Waals surface area contributed by atoms with Gasteiger partial charge in [-0.1, -0.05) is 29.2 Å². The molecule has 20 nitrogen and oxygen atoms in total. The van der Waals surface area contributed by atoms with Crippen molar-refractivity contribution in [2.75, 3.05) is 31.1 Å². The molecule has 23 heteroatoms. The zero-order valence-electron chi connectivity index (χ0n) is 28.9. The van der Waals surface area contributed by atoms with E-state index in [4.69, 9.17) is 9.47 Å². The maximum atomic E-state index is 14.5. The number of benzene rings is 1. The van der Waals surface area contributed by atoms with Crippen molar-refractivity contribution in [1.82, 2.24) is 40.6 Å². The van der Waals surface area contributed by atoms with Crippen LogP contribution in [0.4, 0.5) is 0 Å². The highest BCUT2D eigenvalue weighted by Gasteiger charge is 2.66. The van der Waals surface area contributed by atoms with Crippen LogP contribution >= 0.6 is 34.9 Å². The Balaban J connectivity index is 1.54. The Labute approximate surface area is 318 Å². The van der Waals surface area contributed by atoms with Crippen molar-refractivity contribution in [3.05, 3.63) is 40.0 Å². The molecule has 0 radical (unpaired) electrons. The van der Waals surface area contributed by atoms with Crippen LogP contribution in [0.15, 0.2) is 33.8 Å². The number of aromatic nitrogens is 2. The maximum absolute atomic E-state index is 14.5. The SMILES string of the molecule is CCN1CCN(N(C=O)C(C(=O)N[C@]2(NC=O)C(=O)N3C(C(=O)O)=C(CSc4nnc(C)s4)CS[C@H]32)c2ccc(OC(C)=O)c(OC(C)=O)c2)C(=O)C1=O. The third-order valence-corrected chi connectivity index (χ3v) is 11.7. The number of hydrogen-bond donors (Lipinski definition) is 3. The number of piperazine rings is 1. The second kappa shape index (κ2) is 16.2. The molecule has 1 aromatic heterocycles. The van der Waals surface area contributed by atoms with Gasteiger partial charge in [-0.05, 0) is 37.1 Å². The van der Waals surface area contributed by atoms with E-state index < -0.39 is 58.6 Å². The second-order valence-electron chi connectivity index (χ2n) is 11.6. The molecule has 3 aliphatic rings. The normalized spacial score (nSPS) is 20.0. The summed E-state index contributed by atoms with van der Waals surface area (Å²) in [6.07, 6.45) is 0.232. The molecule has 1 unspecified atom stereocenters. The van der Waals surface area contributed by atoms with E-state index in [2.05, 4.69) is 20.8 Å². The minimum absolute atomic E-state index is 0.0176. The number of carboxylic acid groups (broad SMARTS) is 1. The molecule has 1 aromatic carbocycles. The lowest BCUT2D eigenvalue weighted by Gasteiger charge is -2.56. The number of rotatable bonds is 15. The van der Waals surface area contributed by atoms with Gasteiger partial charge in [-0.2, -0.15) is 0 Å². The highest BCUT2D eigenvalue weighted by atomic mass is 32.2. The largest absolute Gasteiger partial charge is 0.477 e. The Hall–Kier alpha value is -5.55. The molecule has 2 aromatic rings. The van der Waals surface area contributed by atoms with Gasteiger partial charge in [0.15, 0.2) is 21.9 Å². The quantitative estimate of drug-likeness (QED) is 0.0387. The lowest BCUT2D eigenvalue weighted by Crippen LogP contribution is -2.85. The van der Waals surface area contributed by atoms with Crippen molar-refractivity contribution < 1.29 is 57.7 Å². The molecule has 286 valence electrons. The number of carboxylic acids is 1. The van der Waals surface area contributed by atoms with E-state index in [1.165, 1.54) is 34.1 Å². The van der Waals surface area contributed by atoms with Crippen molar-refractivity contribution in [1.29, 1.82) is 0 Å². The summed E-state index contributed by atoms with van der Waals surface area (Å²) in [4.78, 5) is 118. The highest BCUT2D eigenvalue weighted by molar-refractivity contribution is 8.01. The van der Waals surface area contributed by atoms with Gasteiger partial charge in [-0.25, -0.2) is 14.8 Å². The number of hydrazine groups is 1. The van der Waals surface area contributed by atoms with Crippen LogP contribution in [-0.2, 0) is 43.2 Å². The summed E-state index contributed by atoms with van der Waals surface area (Å²) in [7, 11) is 0. The van der Waals surface area contributed by atoms with Crippen LogP contribution in [0.1, 0.15) is 37.4 Å². The number of aliphatic carboxylic acids is 1. The average molecular weight is 805 g/mol. The Bertz CT molecular complexity index is 1970. The lowest BCUT2D eigenvalue weighted by atomic mass is 9.94. The molecule has 2 fully saturated rings. The fraction of sp³-hybridized carbons (Fsp3) is 0.387. The average Bonchev–Trinajstić information content (AvgIpc) is 3.55. The summed E-state index contributed by atoms with van der Waals surface area (Å²) in [6, 6.07) is 1.53. The zero-order valence-corrected chi connectivity index (χ0v) is 31.4. The first-order valence-electron chi connectivity index (χ1n) is 15.9. The van der Waals surface area contributed by atoms with Gasteiger partial charge in [0, 0.05) is 38.4 Å². The van der Waals surface area contributed by atoms with E-state index >= 15 is 0 Å². The monoisotopic (exact) mass is 804 g/mol. The molecule has 3 N–H and O–H groups in total. The van der Waals surface area contributed by atoms with Crippen molar-refractivity contribution in [2.45, 2.75) is 49.1 Å². The van der Waals surface area contributed by atoms with E-state index in [0.717, 1.165) is 47.7 Å². The van der Waals surface area contributed by atoms with Crippen molar-refractivity contribution in [3.63, 3.8) is 0 Å². The summed E-state index contributed by atoms with van der Waals surface area (Å²) in [5.74, 6) is -7.83. The number of esters is 2. The summed E-state index contributed by atoms with van der Waals surface area (Å²) in [5, 5.41) is 23.8. The minimum atomic E-state index is -2.26. The number of amides is 6. The Morgan fingerprint density at radius 1 is 1.09 bits per heavy atom. The Morgan fingerprint density at radius 3 is 2.39 bits per heavy atom. The second-order valence-corrected chi connectivity index (χ2v) is 15.1. The Morgan fingerprint density at radius 2 is 1.80 bits per heavy atom. The van der Waals surface area contributed by atoms with Gasteiger partial charge in [0.1, 0.15) is 16.1 Å². The van der Waals surface area contributed by atoms with Crippen LogP contribution in [0.5, 0.6) is 11.5 Å². The van der Waals surface area contributed by atoms with E-state index in [9.17, 15) is 48.3 Å². The lowest BCUT2D eigenvalue weighted by molar-refractivity contribution is -0.178. The molecule has 0 bridgehead atoms. The van der Waals surface area contributed by atoms with Crippen LogP contribution in [0.2, 0.25) is 0 Å². The number of fused-ring (bicyclic) bond motifs is 1. The first-order chi connectivity index (χ1) is 25.7. The number of ether oxygens (including phenoxy) is 2. The third-order valence-electron chi connectivity index (χ3n) is 8.20. The fourth-order valence-corrected chi connectivity index (χ4v) is 9.27. The van der Waals surface area contributed by atoms with Crippen molar-refractivity contribution in [3.8, 4) is 11.5 Å². The van der Waals surface area contributed by atoms with E-state index in [1.807, 2.05) is 0 Å². The van der Waals surface area contributed by atoms with Gasteiger partial charge in [0.2, 0.25) is 18.5 Å². The van der Waals surface area contributed by atoms with Crippen LogP contribution < -0.4 is 20.1 Å². The number of hydrogen-bond acceptors (Lipinski definition) is 16. The van der Waals surface area contributed by atoms with E-state index in [-0.39, 0.29) is 66.7 Å². The molecule has 3 atom stereocenters. The fourth-order valence-electron chi connectivity index (χ4n) is 5.89. The predicted molar refractivity (Wildman–Crippen MR) is 187 cm³/mol. The number of thioether (sulfide) groups is 2. The van der Waals surface area contributed by atoms with Gasteiger partial charge in [0.05, 0.1) is 6.54 Å². The molecule has 3 aliphatic heterocycles. The van der Waals surface area contributed by atoms with Crippen LogP contribution in [-0.4, -0.2) is 132 Å². The number of carbonyl (C=O) groups excluding carboxylic acids is 8. The van der Waals surface area contributed by atoms with Gasteiger partial charge in [-0.3, -0.25) is 43.3 Å². The van der Waals surface area contributed by atoms with E-state index in [0.29, 0.717) is 19.9 Å². The van der Waals surface area contributed by atoms with Gasteiger partial charge in [-0.15, -0.1) is 22.0 Å². The van der Waals surface area contributed by atoms with Gasteiger partial charge < -0.3 is 30.1 Å². The van der Waals surface area contributed by atoms with Crippen LogP contribution in [0.25, 0.3) is 0 Å². The number of nitrogens with one attached hydrogen (secondary N) is 2. The van der Waals surface area contributed by atoms with Crippen molar-refractivity contribution >= 4 is 89.2 Å². The topological polar surface area (TPSA) is 255 Å². The minimum Gasteiger partial charge on any atom is -0.477 e. The standard InChI is InChI=1S/C31H32N8O12S3/c1-5-36-8-9-37(26(46)25(36)45)38(14-41)22(18-6-7-20(50-16(3)42)21(10-18)51-17(4)43)24(44)33-31(32-13-40)28(49)39-23(27(47)48)19(11-52-29(31)39)12-53-30-35-34-15(2)54-30/h6-7,10,13-14,22,29H,5,8-9,11-12H2,1-4H3,(H,32,40)(H,33,44)(H,47,48)/t22?,29-,31+/m0/s1. The van der Waals surface area contributed by atoms with Gasteiger partial charge >= 0.3 is 29.7 Å². The van der Waals surface area contributed by atoms with Crippen LogP contribution in [0.3, 0.4) is 0 Å². The number of β-lactam (4-membered cyclic amide) rings is 1. The molecular weight excluding hydrogens is 773 g/mol. The molecule has 5 rings (SSSR count). The molecule has 6 amide bonds.